The van der Waals surface area contributed by atoms with Gasteiger partial charge in [0.1, 0.15) is 17.7 Å². The average Bonchev–Trinajstić information content (AvgIpc) is 2.62. The molecule has 2 aliphatic rings. The molecule has 1 aromatic heterocycles. The van der Waals surface area contributed by atoms with Gasteiger partial charge in [-0.1, -0.05) is 0 Å². The minimum absolute atomic E-state index is 0.0884. The SMILES string of the molecule is COc1ccnc(N2CCN(C(=O)C3CNCCO3)CC2)c1. The number of carbonyl (C=O) groups is 1. The van der Waals surface area contributed by atoms with E-state index in [0.29, 0.717) is 26.2 Å². The van der Waals surface area contributed by atoms with Crippen LogP contribution in [0.4, 0.5) is 5.82 Å². The van der Waals surface area contributed by atoms with Crippen molar-refractivity contribution in [2.45, 2.75) is 6.10 Å². The molecule has 1 unspecified atom stereocenters. The highest BCUT2D eigenvalue weighted by Crippen LogP contribution is 2.19. The molecule has 0 aromatic carbocycles. The Kier molecular flexibility index (Phi) is 4.74. The number of aromatic nitrogens is 1. The number of morpholine rings is 1. The van der Waals surface area contributed by atoms with Gasteiger partial charge < -0.3 is 24.6 Å². The molecule has 7 nitrogen and oxygen atoms in total. The van der Waals surface area contributed by atoms with Crippen LogP contribution in [0.5, 0.6) is 5.75 Å². The molecule has 1 amide bonds. The highest BCUT2D eigenvalue weighted by atomic mass is 16.5. The minimum atomic E-state index is -0.338. The van der Waals surface area contributed by atoms with Gasteiger partial charge >= 0.3 is 0 Å². The molecule has 2 saturated heterocycles. The van der Waals surface area contributed by atoms with Crippen LogP contribution in [0.25, 0.3) is 0 Å². The maximum atomic E-state index is 12.4. The highest BCUT2D eigenvalue weighted by Gasteiger charge is 2.29. The largest absolute Gasteiger partial charge is 0.497 e. The summed E-state index contributed by atoms with van der Waals surface area (Å²) >= 11 is 0. The second-order valence-corrected chi connectivity index (χ2v) is 5.43. The number of carbonyl (C=O) groups excluding carboxylic acids is 1. The molecule has 2 fully saturated rings. The molecule has 120 valence electrons. The zero-order chi connectivity index (χ0) is 15.4. The van der Waals surface area contributed by atoms with Crippen molar-refractivity contribution in [1.82, 2.24) is 15.2 Å². The molecule has 22 heavy (non-hydrogen) atoms. The zero-order valence-electron chi connectivity index (χ0n) is 12.8. The molecule has 1 aromatic rings. The number of amides is 1. The van der Waals surface area contributed by atoms with Crippen LogP contribution >= 0.6 is 0 Å². The van der Waals surface area contributed by atoms with Gasteiger partial charge in [-0.3, -0.25) is 4.79 Å². The molecule has 7 heteroatoms. The van der Waals surface area contributed by atoms with Crippen molar-refractivity contribution in [3.63, 3.8) is 0 Å². The first kappa shape index (κ1) is 15.1. The zero-order valence-corrected chi connectivity index (χ0v) is 12.8. The Hall–Kier alpha value is -1.86. The molecular weight excluding hydrogens is 284 g/mol. The van der Waals surface area contributed by atoms with Gasteiger partial charge in [0, 0.05) is 51.5 Å². The summed E-state index contributed by atoms with van der Waals surface area (Å²) < 4.78 is 10.8. The molecule has 1 atom stereocenters. The Morgan fingerprint density at radius 3 is 2.91 bits per heavy atom. The molecule has 0 bridgehead atoms. The number of methoxy groups -OCH3 is 1. The monoisotopic (exact) mass is 306 g/mol. The van der Waals surface area contributed by atoms with E-state index >= 15 is 0 Å². The van der Waals surface area contributed by atoms with Crippen molar-refractivity contribution in [3.8, 4) is 5.75 Å². The summed E-state index contributed by atoms with van der Waals surface area (Å²) in [6, 6.07) is 3.75. The summed E-state index contributed by atoms with van der Waals surface area (Å²) in [6.07, 6.45) is 1.41. The molecule has 0 saturated carbocycles. The number of pyridine rings is 1. The van der Waals surface area contributed by atoms with Crippen LogP contribution in [0.1, 0.15) is 0 Å². The van der Waals surface area contributed by atoms with Crippen LogP contribution in [0.2, 0.25) is 0 Å². The third-order valence-corrected chi connectivity index (χ3v) is 4.07. The standard InChI is InChI=1S/C15H22N4O3/c1-21-12-2-3-17-14(10-12)18-5-7-19(8-6-18)15(20)13-11-16-4-9-22-13/h2-3,10,13,16H,4-9,11H2,1H3. The van der Waals surface area contributed by atoms with Crippen LogP contribution in [0.15, 0.2) is 18.3 Å². The van der Waals surface area contributed by atoms with Crippen molar-refractivity contribution in [2.24, 2.45) is 0 Å². The number of rotatable bonds is 3. The Labute approximate surface area is 130 Å². The third-order valence-electron chi connectivity index (χ3n) is 4.07. The number of nitrogens with one attached hydrogen (secondary N) is 1. The van der Waals surface area contributed by atoms with Crippen LogP contribution < -0.4 is 15.0 Å². The molecular formula is C15H22N4O3. The Balaban J connectivity index is 1.56. The van der Waals surface area contributed by atoms with E-state index < -0.39 is 0 Å². The Morgan fingerprint density at radius 2 is 2.23 bits per heavy atom. The number of piperazine rings is 1. The van der Waals surface area contributed by atoms with E-state index in [9.17, 15) is 4.79 Å². The van der Waals surface area contributed by atoms with Gasteiger partial charge in [-0.15, -0.1) is 0 Å². The molecule has 0 radical (unpaired) electrons. The highest BCUT2D eigenvalue weighted by molar-refractivity contribution is 5.81. The molecule has 3 rings (SSSR count). The van der Waals surface area contributed by atoms with E-state index in [4.69, 9.17) is 9.47 Å². The maximum absolute atomic E-state index is 12.4. The Morgan fingerprint density at radius 1 is 1.41 bits per heavy atom. The van der Waals surface area contributed by atoms with Crippen molar-refractivity contribution in [3.05, 3.63) is 18.3 Å². The lowest BCUT2D eigenvalue weighted by Crippen LogP contribution is -2.55. The van der Waals surface area contributed by atoms with E-state index in [2.05, 4.69) is 15.2 Å². The smallest absolute Gasteiger partial charge is 0.253 e. The summed E-state index contributed by atoms with van der Waals surface area (Å²) in [5.41, 5.74) is 0. The van der Waals surface area contributed by atoms with Gasteiger partial charge in [-0.2, -0.15) is 0 Å². The van der Waals surface area contributed by atoms with Crippen LogP contribution in [-0.4, -0.2) is 74.9 Å². The topological polar surface area (TPSA) is 66.9 Å². The summed E-state index contributed by atoms with van der Waals surface area (Å²) in [7, 11) is 1.65. The van der Waals surface area contributed by atoms with E-state index in [-0.39, 0.29) is 12.0 Å². The second-order valence-electron chi connectivity index (χ2n) is 5.43. The Bertz CT molecular complexity index is 511. The molecule has 1 N–H and O–H groups in total. The number of ether oxygens (including phenoxy) is 2. The van der Waals surface area contributed by atoms with Crippen molar-refractivity contribution < 1.29 is 14.3 Å². The predicted molar refractivity (Wildman–Crippen MR) is 82.2 cm³/mol. The van der Waals surface area contributed by atoms with E-state index in [1.54, 1.807) is 13.3 Å². The number of hydrogen-bond donors (Lipinski definition) is 1. The van der Waals surface area contributed by atoms with Crippen LogP contribution in [0, 0.1) is 0 Å². The first-order valence-electron chi connectivity index (χ1n) is 7.64. The fourth-order valence-electron chi connectivity index (χ4n) is 2.78. The molecule has 3 heterocycles. The fourth-order valence-corrected chi connectivity index (χ4v) is 2.78. The minimum Gasteiger partial charge on any atom is -0.497 e. The van der Waals surface area contributed by atoms with Gasteiger partial charge in [0.2, 0.25) is 0 Å². The second kappa shape index (κ2) is 6.93. The van der Waals surface area contributed by atoms with Gasteiger partial charge in [-0.25, -0.2) is 4.98 Å². The van der Waals surface area contributed by atoms with E-state index in [0.717, 1.165) is 31.2 Å². The van der Waals surface area contributed by atoms with Crippen LogP contribution in [0.3, 0.4) is 0 Å². The van der Waals surface area contributed by atoms with Gasteiger partial charge in [0.25, 0.3) is 5.91 Å². The summed E-state index contributed by atoms with van der Waals surface area (Å²) in [5, 5.41) is 3.20. The average molecular weight is 306 g/mol. The third kappa shape index (κ3) is 3.31. The quantitative estimate of drug-likeness (QED) is 0.829. The first-order valence-corrected chi connectivity index (χ1v) is 7.64. The summed E-state index contributed by atoms with van der Waals surface area (Å²) in [4.78, 5) is 20.8. The van der Waals surface area contributed by atoms with Crippen molar-refractivity contribution >= 4 is 11.7 Å². The number of nitrogens with zero attached hydrogens (tertiary/aromatic N) is 3. The maximum Gasteiger partial charge on any atom is 0.253 e. The lowest BCUT2D eigenvalue weighted by molar-refractivity contribution is -0.145. The summed E-state index contributed by atoms with van der Waals surface area (Å²) in [6.45, 7) is 4.95. The van der Waals surface area contributed by atoms with Crippen molar-refractivity contribution in [1.29, 1.82) is 0 Å². The first-order chi connectivity index (χ1) is 10.8. The molecule has 0 spiro atoms. The lowest BCUT2D eigenvalue weighted by atomic mass is 10.2. The van der Waals surface area contributed by atoms with E-state index in [1.165, 1.54) is 0 Å². The van der Waals surface area contributed by atoms with E-state index in [1.807, 2.05) is 17.0 Å². The molecule has 2 aliphatic heterocycles. The number of hydrogen-bond acceptors (Lipinski definition) is 6. The van der Waals surface area contributed by atoms with Gasteiger partial charge in [-0.05, 0) is 6.07 Å². The fraction of sp³-hybridized carbons (Fsp3) is 0.600. The van der Waals surface area contributed by atoms with Crippen molar-refractivity contribution in [2.75, 3.05) is 57.9 Å². The van der Waals surface area contributed by atoms with Gasteiger partial charge in [0.05, 0.1) is 13.7 Å². The number of anilines is 1. The lowest BCUT2D eigenvalue weighted by Gasteiger charge is -2.37. The summed E-state index contributed by atoms with van der Waals surface area (Å²) in [5.74, 6) is 1.78. The molecule has 0 aliphatic carbocycles. The normalized spacial score (nSPS) is 22.5. The predicted octanol–water partition coefficient (Wildman–Crippen LogP) is -0.273. The van der Waals surface area contributed by atoms with Crippen LogP contribution in [-0.2, 0) is 9.53 Å². The van der Waals surface area contributed by atoms with Gasteiger partial charge in [0.15, 0.2) is 0 Å².